The highest BCUT2D eigenvalue weighted by Crippen LogP contribution is 2.20. The molecule has 68 valence electrons. The van der Waals surface area contributed by atoms with Gasteiger partial charge in [-0.15, -0.1) is 0 Å². The summed E-state index contributed by atoms with van der Waals surface area (Å²) in [5.41, 5.74) is 7.84. The lowest BCUT2D eigenvalue weighted by molar-refractivity contribution is 0.900. The monoisotopic (exact) mass is 175 g/mol. The molecule has 0 aliphatic heterocycles. The Hall–Kier alpha value is -1.69. The smallest absolute Gasteiger partial charge is 0.0992 e. The third kappa shape index (κ3) is 2.38. The van der Waals surface area contributed by atoms with E-state index in [1.807, 2.05) is 13.8 Å². The predicted octanol–water partition coefficient (Wildman–Crippen LogP) is 1.96. The third-order valence-electron chi connectivity index (χ3n) is 1.63. The molecule has 1 aromatic carbocycles. The van der Waals surface area contributed by atoms with Crippen LogP contribution in [0.25, 0.3) is 0 Å². The van der Waals surface area contributed by atoms with E-state index in [1.165, 1.54) is 0 Å². The molecule has 0 aliphatic rings. The first-order chi connectivity index (χ1) is 6.13. The van der Waals surface area contributed by atoms with E-state index in [4.69, 9.17) is 11.0 Å². The first-order valence-electron chi connectivity index (χ1n) is 4.19. The zero-order chi connectivity index (χ0) is 9.84. The highest BCUT2D eigenvalue weighted by atomic mass is 14.9. The molecule has 13 heavy (non-hydrogen) atoms. The van der Waals surface area contributed by atoms with Gasteiger partial charge in [-0.25, -0.2) is 0 Å². The van der Waals surface area contributed by atoms with Crippen molar-refractivity contribution < 1.29 is 0 Å². The summed E-state index contributed by atoms with van der Waals surface area (Å²) in [4.78, 5) is 0. The Balaban J connectivity index is 2.99. The topological polar surface area (TPSA) is 61.8 Å². The van der Waals surface area contributed by atoms with Gasteiger partial charge in [-0.2, -0.15) is 5.26 Å². The molecule has 0 saturated carbocycles. The van der Waals surface area contributed by atoms with Crippen LogP contribution in [-0.4, -0.2) is 6.04 Å². The number of anilines is 2. The van der Waals surface area contributed by atoms with Crippen molar-refractivity contribution in [3.05, 3.63) is 23.8 Å². The number of nitrogens with one attached hydrogen (secondary N) is 1. The summed E-state index contributed by atoms with van der Waals surface area (Å²) in [6.07, 6.45) is 0. The molecule has 0 radical (unpaired) electrons. The maximum absolute atomic E-state index is 8.67. The van der Waals surface area contributed by atoms with Crippen LogP contribution < -0.4 is 11.1 Å². The Kier molecular flexibility index (Phi) is 2.76. The minimum absolute atomic E-state index is 0.316. The van der Waals surface area contributed by atoms with E-state index in [2.05, 4.69) is 11.4 Å². The number of nitriles is 1. The van der Waals surface area contributed by atoms with E-state index in [0.29, 0.717) is 17.3 Å². The van der Waals surface area contributed by atoms with Crippen molar-refractivity contribution in [3.63, 3.8) is 0 Å². The number of nitrogens with zero attached hydrogens (tertiary/aromatic N) is 1. The molecule has 0 bridgehead atoms. The van der Waals surface area contributed by atoms with Gasteiger partial charge in [-0.1, -0.05) is 0 Å². The summed E-state index contributed by atoms with van der Waals surface area (Å²) in [6, 6.07) is 7.60. The van der Waals surface area contributed by atoms with Crippen molar-refractivity contribution in [3.8, 4) is 6.07 Å². The van der Waals surface area contributed by atoms with Crippen LogP contribution in [0.15, 0.2) is 18.2 Å². The van der Waals surface area contributed by atoms with Crippen LogP contribution in [0.2, 0.25) is 0 Å². The second kappa shape index (κ2) is 3.81. The zero-order valence-electron chi connectivity index (χ0n) is 7.83. The molecule has 0 amide bonds. The molecule has 0 fully saturated rings. The second-order valence-electron chi connectivity index (χ2n) is 3.21. The molecular weight excluding hydrogens is 162 g/mol. The Morgan fingerprint density at radius 1 is 1.46 bits per heavy atom. The summed E-state index contributed by atoms with van der Waals surface area (Å²) < 4.78 is 0. The highest BCUT2D eigenvalue weighted by molar-refractivity contribution is 5.68. The molecule has 0 aliphatic carbocycles. The van der Waals surface area contributed by atoms with Crippen LogP contribution in [0.3, 0.4) is 0 Å². The minimum Gasteiger partial charge on any atom is -0.397 e. The van der Waals surface area contributed by atoms with E-state index >= 15 is 0 Å². The van der Waals surface area contributed by atoms with E-state index in [0.717, 1.165) is 5.69 Å². The third-order valence-corrected chi connectivity index (χ3v) is 1.63. The van der Waals surface area contributed by atoms with Crippen molar-refractivity contribution in [1.29, 1.82) is 5.26 Å². The van der Waals surface area contributed by atoms with Gasteiger partial charge in [0.15, 0.2) is 0 Å². The second-order valence-corrected chi connectivity index (χ2v) is 3.21. The quantitative estimate of drug-likeness (QED) is 0.675. The molecular formula is C10H13N3. The summed E-state index contributed by atoms with van der Waals surface area (Å²) in [6.45, 7) is 4.05. The van der Waals surface area contributed by atoms with Gasteiger partial charge >= 0.3 is 0 Å². The van der Waals surface area contributed by atoms with E-state index < -0.39 is 0 Å². The Morgan fingerprint density at radius 2 is 2.15 bits per heavy atom. The SMILES string of the molecule is CC(C)Nc1cc(C#N)ccc1N. The van der Waals surface area contributed by atoms with Crippen LogP contribution >= 0.6 is 0 Å². The first-order valence-corrected chi connectivity index (χ1v) is 4.19. The summed E-state index contributed by atoms with van der Waals surface area (Å²) in [5.74, 6) is 0. The zero-order valence-corrected chi connectivity index (χ0v) is 7.83. The lowest BCUT2D eigenvalue weighted by atomic mass is 10.2. The summed E-state index contributed by atoms with van der Waals surface area (Å²) >= 11 is 0. The Bertz CT molecular complexity index is 337. The maximum atomic E-state index is 8.67. The van der Waals surface area contributed by atoms with Crippen molar-refractivity contribution >= 4 is 11.4 Å². The van der Waals surface area contributed by atoms with Crippen molar-refractivity contribution in [2.24, 2.45) is 0 Å². The molecule has 0 spiro atoms. The van der Waals surface area contributed by atoms with Gasteiger partial charge in [0.1, 0.15) is 0 Å². The number of hydrogen-bond acceptors (Lipinski definition) is 3. The average Bonchev–Trinajstić information content (AvgIpc) is 2.08. The minimum atomic E-state index is 0.316. The van der Waals surface area contributed by atoms with Crippen molar-refractivity contribution in [1.82, 2.24) is 0 Å². The van der Waals surface area contributed by atoms with E-state index in [-0.39, 0.29) is 0 Å². The fourth-order valence-corrected chi connectivity index (χ4v) is 1.06. The summed E-state index contributed by atoms with van der Waals surface area (Å²) in [5, 5.41) is 11.8. The molecule has 3 N–H and O–H groups in total. The van der Waals surface area contributed by atoms with Crippen LogP contribution in [0.1, 0.15) is 19.4 Å². The molecule has 3 nitrogen and oxygen atoms in total. The molecule has 0 aromatic heterocycles. The first kappa shape index (κ1) is 9.40. The highest BCUT2D eigenvalue weighted by Gasteiger charge is 2.01. The van der Waals surface area contributed by atoms with Gasteiger partial charge in [0.2, 0.25) is 0 Å². The Labute approximate surface area is 78.2 Å². The molecule has 0 saturated heterocycles. The molecule has 0 unspecified atom stereocenters. The maximum Gasteiger partial charge on any atom is 0.0992 e. The average molecular weight is 175 g/mol. The fourth-order valence-electron chi connectivity index (χ4n) is 1.06. The lowest BCUT2D eigenvalue weighted by Crippen LogP contribution is -2.11. The van der Waals surface area contributed by atoms with Crippen LogP contribution in [0, 0.1) is 11.3 Å². The number of nitrogens with two attached hydrogens (primary N) is 1. The van der Waals surface area contributed by atoms with Crippen LogP contribution in [0.5, 0.6) is 0 Å². The van der Waals surface area contributed by atoms with Crippen LogP contribution in [0.4, 0.5) is 11.4 Å². The molecule has 1 aromatic rings. The fraction of sp³-hybridized carbons (Fsp3) is 0.300. The van der Waals surface area contributed by atoms with E-state index in [1.54, 1.807) is 18.2 Å². The molecule has 0 heterocycles. The number of benzene rings is 1. The van der Waals surface area contributed by atoms with Gasteiger partial charge in [0.25, 0.3) is 0 Å². The largest absolute Gasteiger partial charge is 0.397 e. The van der Waals surface area contributed by atoms with Gasteiger partial charge in [0.05, 0.1) is 23.0 Å². The number of nitrogen functional groups attached to an aromatic ring is 1. The number of rotatable bonds is 2. The predicted molar refractivity (Wildman–Crippen MR) is 54.3 cm³/mol. The van der Waals surface area contributed by atoms with E-state index in [9.17, 15) is 0 Å². The number of hydrogen-bond donors (Lipinski definition) is 2. The summed E-state index contributed by atoms with van der Waals surface area (Å²) in [7, 11) is 0. The van der Waals surface area contributed by atoms with Gasteiger partial charge in [0, 0.05) is 6.04 Å². The lowest BCUT2D eigenvalue weighted by Gasteiger charge is -2.12. The standard InChI is InChI=1S/C10H13N3/c1-7(2)13-10-5-8(6-11)3-4-9(10)12/h3-5,7,13H,12H2,1-2H3. The molecule has 0 atom stereocenters. The van der Waals surface area contributed by atoms with Crippen molar-refractivity contribution in [2.75, 3.05) is 11.1 Å². The normalized spacial score (nSPS) is 9.69. The Morgan fingerprint density at radius 3 is 2.69 bits per heavy atom. The molecule has 3 heteroatoms. The van der Waals surface area contributed by atoms with Gasteiger partial charge in [-0.05, 0) is 32.0 Å². The molecule has 1 rings (SSSR count). The van der Waals surface area contributed by atoms with Gasteiger partial charge in [-0.3, -0.25) is 0 Å². The van der Waals surface area contributed by atoms with Gasteiger partial charge < -0.3 is 11.1 Å². The van der Waals surface area contributed by atoms with Crippen molar-refractivity contribution in [2.45, 2.75) is 19.9 Å². The van der Waals surface area contributed by atoms with Crippen LogP contribution in [-0.2, 0) is 0 Å².